The maximum Gasteiger partial charge on any atom is 0.217 e. The van der Waals surface area contributed by atoms with Crippen LogP contribution < -0.4 is 10.1 Å². The smallest absolute Gasteiger partial charge is 0.217 e. The van der Waals surface area contributed by atoms with Crippen molar-refractivity contribution in [1.82, 2.24) is 10.3 Å². The van der Waals surface area contributed by atoms with Gasteiger partial charge in [-0.1, -0.05) is 23.7 Å². The Kier molecular flexibility index (Phi) is 4.93. The lowest BCUT2D eigenvalue weighted by Gasteiger charge is -2.15. The molecule has 0 spiro atoms. The molecule has 2 rings (SSSR count). The lowest BCUT2D eigenvalue weighted by molar-refractivity contribution is 0.389. The van der Waals surface area contributed by atoms with E-state index in [-0.39, 0.29) is 11.1 Å². The number of nitrogens with zero attached hydrogens (tertiary/aromatic N) is 1. The molecule has 3 nitrogen and oxygen atoms in total. The summed E-state index contributed by atoms with van der Waals surface area (Å²) in [6, 6.07) is 8.60. The van der Waals surface area contributed by atoms with Gasteiger partial charge in [0.1, 0.15) is 5.82 Å². The van der Waals surface area contributed by atoms with Crippen LogP contribution in [0.3, 0.4) is 0 Å². The number of ether oxygens (including phenoxy) is 1. The van der Waals surface area contributed by atoms with Crippen LogP contribution in [0.1, 0.15) is 24.1 Å². The number of methoxy groups -OCH3 is 1. The average molecular weight is 295 g/mol. The number of pyridine rings is 1. The van der Waals surface area contributed by atoms with E-state index in [9.17, 15) is 4.39 Å². The van der Waals surface area contributed by atoms with Gasteiger partial charge >= 0.3 is 0 Å². The molecule has 1 atom stereocenters. The van der Waals surface area contributed by atoms with Crippen LogP contribution in [0, 0.1) is 5.82 Å². The van der Waals surface area contributed by atoms with Crippen molar-refractivity contribution in [3.8, 4) is 5.88 Å². The molecule has 0 bridgehead atoms. The van der Waals surface area contributed by atoms with Gasteiger partial charge in [0.05, 0.1) is 12.1 Å². The minimum Gasteiger partial charge on any atom is -0.481 e. The topological polar surface area (TPSA) is 34.1 Å². The van der Waals surface area contributed by atoms with Crippen molar-refractivity contribution in [3.05, 3.63) is 58.5 Å². The highest BCUT2D eigenvalue weighted by Gasteiger charge is 2.10. The van der Waals surface area contributed by atoms with E-state index < -0.39 is 5.82 Å². The van der Waals surface area contributed by atoms with E-state index in [0.29, 0.717) is 12.4 Å². The van der Waals surface area contributed by atoms with Crippen molar-refractivity contribution in [2.75, 3.05) is 7.11 Å². The first-order valence-corrected chi connectivity index (χ1v) is 6.66. The first-order valence-electron chi connectivity index (χ1n) is 6.28. The number of halogens is 2. The van der Waals surface area contributed by atoms with Crippen LogP contribution in [-0.4, -0.2) is 12.1 Å². The van der Waals surface area contributed by atoms with Gasteiger partial charge in [0.25, 0.3) is 0 Å². The maximum absolute atomic E-state index is 13.4. The Morgan fingerprint density at radius 3 is 2.90 bits per heavy atom. The molecule has 5 heteroatoms. The minimum atomic E-state index is -0.406. The van der Waals surface area contributed by atoms with Gasteiger partial charge in [0, 0.05) is 24.3 Å². The first-order chi connectivity index (χ1) is 9.61. The molecule has 0 radical (unpaired) electrons. The first kappa shape index (κ1) is 14.8. The zero-order valence-corrected chi connectivity index (χ0v) is 12.1. The molecule has 0 saturated heterocycles. The van der Waals surface area contributed by atoms with Crippen LogP contribution >= 0.6 is 11.6 Å². The summed E-state index contributed by atoms with van der Waals surface area (Å²) in [6.45, 7) is 2.55. The minimum absolute atomic E-state index is 0.00770. The fourth-order valence-electron chi connectivity index (χ4n) is 1.91. The van der Waals surface area contributed by atoms with E-state index in [0.717, 1.165) is 11.1 Å². The highest BCUT2D eigenvalue weighted by molar-refractivity contribution is 6.30. The molecule has 106 valence electrons. The molecule has 1 N–H and O–H groups in total. The van der Waals surface area contributed by atoms with E-state index in [2.05, 4.69) is 10.3 Å². The Hall–Kier alpha value is -1.65. The number of benzene rings is 1. The molecule has 0 aliphatic rings. The molecule has 0 fully saturated rings. The molecule has 0 saturated carbocycles. The predicted molar refractivity (Wildman–Crippen MR) is 77.5 cm³/mol. The Morgan fingerprint density at radius 1 is 1.40 bits per heavy atom. The standard InChI is InChI=1S/C15H16ClFN2O/c1-10(11-5-6-13(16)14(17)8-11)19-9-12-4-3-7-18-15(12)20-2/h3-8,10,19H,9H2,1-2H3. The zero-order valence-electron chi connectivity index (χ0n) is 11.4. The van der Waals surface area contributed by atoms with Crippen LogP contribution in [0.5, 0.6) is 5.88 Å². The monoisotopic (exact) mass is 294 g/mol. The summed E-state index contributed by atoms with van der Waals surface area (Å²) in [5.74, 6) is 0.186. The lowest BCUT2D eigenvalue weighted by atomic mass is 10.1. The quantitative estimate of drug-likeness (QED) is 0.912. The van der Waals surface area contributed by atoms with Crippen molar-refractivity contribution < 1.29 is 9.13 Å². The van der Waals surface area contributed by atoms with Crippen molar-refractivity contribution >= 4 is 11.6 Å². The summed E-state index contributed by atoms with van der Waals surface area (Å²) in [4.78, 5) is 4.13. The van der Waals surface area contributed by atoms with Gasteiger partial charge in [0.2, 0.25) is 5.88 Å². The second-order valence-electron chi connectivity index (χ2n) is 4.45. The molecule has 1 unspecified atom stereocenters. The van der Waals surface area contributed by atoms with Crippen molar-refractivity contribution in [1.29, 1.82) is 0 Å². The summed E-state index contributed by atoms with van der Waals surface area (Å²) >= 11 is 5.68. The number of rotatable bonds is 5. The van der Waals surface area contributed by atoms with Crippen LogP contribution in [0.15, 0.2) is 36.5 Å². The number of nitrogens with one attached hydrogen (secondary N) is 1. The molecule has 0 amide bonds. The summed E-state index contributed by atoms with van der Waals surface area (Å²) in [7, 11) is 1.59. The zero-order chi connectivity index (χ0) is 14.5. The highest BCUT2D eigenvalue weighted by atomic mass is 35.5. The van der Waals surface area contributed by atoms with Gasteiger partial charge in [-0.3, -0.25) is 0 Å². The second kappa shape index (κ2) is 6.68. The van der Waals surface area contributed by atoms with Gasteiger partial charge in [-0.2, -0.15) is 0 Å². The maximum atomic E-state index is 13.4. The lowest BCUT2D eigenvalue weighted by Crippen LogP contribution is -2.18. The summed E-state index contributed by atoms with van der Waals surface area (Å²) in [6.07, 6.45) is 1.68. The molecule has 1 aromatic carbocycles. The molecular weight excluding hydrogens is 279 g/mol. The van der Waals surface area contributed by atoms with Crippen LogP contribution in [-0.2, 0) is 6.54 Å². The molecule has 1 aromatic heterocycles. The van der Waals surface area contributed by atoms with Gasteiger partial charge in [0.15, 0.2) is 0 Å². The van der Waals surface area contributed by atoms with Crippen molar-refractivity contribution in [2.45, 2.75) is 19.5 Å². The van der Waals surface area contributed by atoms with E-state index in [1.165, 1.54) is 6.07 Å². The van der Waals surface area contributed by atoms with Gasteiger partial charge in [-0.05, 0) is 30.7 Å². The van der Waals surface area contributed by atoms with Crippen molar-refractivity contribution in [2.24, 2.45) is 0 Å². The molecule has 0 aliphatic heterocycles. The Bertz CT molecular complexity index is 592. The molecular formula is C15H16ClFN2O. The van der Waals surface area contributed by atoms with E-state index in [1.807, 2.05) is 25.1 Å². The third-order valence-corrected chi connectivity index (χ3v) is 3.39. The average Bonchev–Trinajstić information content (AvgIpc) is 2.47. The molecule has 1 heterocycles. The summed E-state index contributed by atoms with van der Waals surface area (Å²) in [5, 5.41) is 3.44. The van der Waals surface area contributed by atoms with Crippen LogP contribution in [0.2, 0.25) is 5.02 Å². The van der Waals surface area contributed by atoms with Gasteiger partial charge < -0.3 is 10.1 Å². The normalized spacial score (nSPS) is 12.2. The number of aromatic nitrogens is 1. The third-order valence-electron chi connectivity index (χ3n) is 3.09. The molecule has 2 aromatic rings. The Morgan fingerprint density at radius 2 is 2.20 bits per heavy atom. The van der Waals surface area contributed by atoms with Crippen molar-refractivity contribution in [3.63, 3.8) is 0 Å². The number of hydrogen-bond donors (Lipinski definition) is 1. The molecule has 20 heavy (non-hydrogen) atoms. The summed E-state index contributed by atoms with van der Waals surface area (Å²) in [5.41, 5.74) is 1.80. The fraction of sp³-hybridized carbons (Fsp3) is 0.267. The van der Waals surface area contributed by atoms with E-state index in [4.69, 9.17) is 16.3 Å². The SMILES string of the molecule is COc1ncccc1CNC(C)c1ccc(Cl)c(F)c1. The predicted octanol–water partition coefficient (Wildman–Crippen LogP) is 3.73. The highest BCUT2D eigenvalue weighted by Crippen LogP contribution is 2.21. The van der Waals surface area contributed by atoms with Gasteiger partial charge in [-0.15, -0.1) is 0 Å². The van der Waals surface area contributed by atoms with E-state index in [1.54, 1.807) is 19.4 Å². The molecule has 0 aliphatic carbocycles. The Labute approximate surface area is 122 Å². The van der Waals surface area contributed by atoms with Gasteiger partial charge in [-0.25, -0.2) is 9.37 Å². The second-order valence-corrected chi connectivity index (χ2v) is 4.86. The number of hydrogen-bond acceptors (Lipinski definition) is 3. The van der Waals surface area contributed by atoms with E-state index >= 15 is 0 Å². The van der Waals surface area contributed by atoms with Crippen LogP contribution in [0.25, 0.3) is 0 Å². The summed E-state index contributed by atoms with van der Waals surface area (Å²) < 4.78 is 18.6. The largest absolute Gasteiger partial charge is 0.481 e. The van der Waals surface area contributed by atoms with Crippen LogP contribution in [0.4, 0.5) is 4.39 Å². The third kappa shape index (κ3) is 3.46. The Balaban J connectivity index is 2.04. The fourth-order valence-corrected chi connectivity index (χ4v) is 2.02.